The lowest BCUT2D eigenvalue weighted by Gasteiger charge is -2.15. The Morgan fingerprint density at radius 1 is 1.35 bits per heavy atom. The summed E-state index contributed by atoms with van der Waals surface area (Å²) in [4.78, 5) is 4.34. The number of anilines is 1. The maximum absolute atomic E-state index is 6.14. The number of halogens is 1. The largest absolute Gasteiger partial charge is 0.354 e. The molecule has 0 radical (unpaired) electrons. The van der Waals surface area contributed by atoms with E-state index in [4.69, 9.17) is 11.6 Å². The van der Waals surface area contributed by atoms with Gasteiger partial charge in [0.15, 0.2) is 5.96 Å². The Bertz CT molecular complexity index is 441. The highest BCUT2D eigenvalue weighted by molar-refractivity contribution is 6.31. The van der Waals surface area contributed by atoms with Crippen LogP contribution in [0.2, 0.25) is 5.02 Å². The quantitative estimate of drug-likeness (QED) is 0.867. The van der Waals surface area contributed by atoms with Crippen LogP contribution in [-0.2, 0) is 12.8 Å². The summed E-state index contributed by atoms with van der Waals surface area (Å²) in [6.07, 6.45) is 1.99. The molecule has 1 aliphatic rings. The van der Waals surface area contributed by atoms with Crippen molar-refractivity contribution in [3.8, 4) is 0 Å². The summed E-state index contributed by atoms with van der Waals surface area (Å²) in [6.45, 7) is 6.06. The van der Waals surface area contributed by atoms with Crippen molar-refractivity contribution >= 4 is 23.2 Å². The van der Waals surface area contributed by atoms with Crippen molar-refractivity contribution in [2.24, 2.45) is 4.99 Å². The smallest absolute Gasteiger partial charge is 0.195 e. The minimum absolute atomic E-state index is 0.778. The van der Waals surface area contributed by atoms with E-state index in [2.05, 4.69) is 35.5 Å². The summed E-state index contributed by atoms with van der Waals surface area (Å²) in [5.74, 6) is 0.851. The van der Waals surface area contributed by atoms with Gasteiger partial charge >= 0.3 is 0 Å². The molecular weight excluding hydrogens is 234 g/mol. The molecule has 0 bridgehead atoms. The number of rotatable bonds is 3. The normalized spacial score (nSPS) is 14.4. The average molecular weight is 252 g/mol. The Balaban J connectivity index is 2.33. The van der Waals surface area contributed by atoms with Gasteiger partial charge in [0.1, 0.15) is 0 Å². The molecule has 0 spiro atoms. The van der Waals surface area contributed by atoms with Crippen molar-refractivity contribution in [1.29, 1.82) is 0 Å². The van der Waals surface area contributed by atoms with Crippen molar-refractivity contribution in [3.63, 3.8) is 0 Å². The van der Waals surface area contributed by atoms with Gasteiger partial charge in [0, 0.05) is 17.3 Å². The second kappa shape index (κ2) is 5.41. The fraction of sp³-hybridized carbons (Fsp3) is 0.462. The predicted octanol–water partition coefficient (Wildman–Crippen LogP) is 2.84. The molecule has 3 nitrogen and oxygen atoms in total. The van der Waals surface area contributed by atoms with Crippen molar-refractivity contribution < 1.29 is 0 Å². The van der Waals surface area contributed by atoms with Crippen LogP contribution in [0, 0.1) is 0 Å². The summed E-state index contributed by atoms with van der Waals surface area (Å²) >= 11 is 6.14. The topological polar surface area (TPSA) is 36.4 Å². The third-order valence-electron chi connectivity index (χ3n) is 2.97. The standard InChI is InChI=1S/C13H18ClN3/c1-3-9-7-10(14)8-12(11(9)4-2)17-13-15-5-6-16-13/h7-8H,3-6H2,1-2H3,(H2,15,16,17). The second-order valence-electron chi connectivity index (χ2n) is 4.08. The van der Waals surface area contributed by atoms with Crippen LogP contribution in [0.15, 0.2) is 17.1 Å². The van der Waals surface area contributed by atoms with Gasteiger partial charge in [-0.15, -0.1) is 0 Å². The van der Waals surface area contributed by atoms with Crippen LogP contribution in [0.25, 0.3) is 0 Å². The van der Waals surface area contributed by atoms with E-state index in [9.17, 15) is 0 Å². The van der Waals surface area contributed by atoms with Gasteiger partial charge in [-0.25, -0.2) is 0 Å². The fourth-order valence-corrected chi connectivity index (χ4v) is 2.39. The molecule has 0 atom stereocenters. The van der Waals surface area contributed by atoms with Gasteiger partial charge in [-0.3, -0.25) is 4.99 Å². The Hall–Kier alpha value is -1.22. The van der Waals surface area contributed by atoms with Gasteiger partial charge in [0.05, 0.1) is 6.54 Å². The molecule has 17 heavy (non-hydrogen) atoms. The molecule has 4 heteroatoms. The zero-order valence-electron chi connectivity index (χ0n) is 10.3. The van der Waals surface area contributed by atoms with E-state index < -0.39 is 0 Å². The summed E-state index contributed by atoms with van der Waals surface area (Å²) in [5.41, 5.74) is 3.71. The highest BCUT2D eigenvalue weighted by Crippen LogP contribution is 2.26. The number of nitrogens with zero attached hydrogens (tertiary/aromatic N) is 1. The van der Waals surface area contributed by atoms with E-state index >= 15 is 0 Å². The predicted molar refractivity (Wildman–Crippen MR) is 74.1 cm³/mol. The van der Waals surface area contributed by atoms with E-state index in [1.54, 1.807) is 0 Å². The van der Waals surface area contributed by atoms with Crippen LogP contribution < -0.4 is 10.6 Å². The molecule has 0 aliphatic carbocycles. The van der Waals surface area contributed by atoms with Crippen LogP contribution in [0.3, 0.4) is 0 Å². The van der Waals surface area contributed by atoms with Gasteiger partial charge < -0.3 is 10.6 Å². The minimum Gasteiger partial charge on any atom is -0.354 e. The highest BCUT2D eigenvalue weighted by Gasteiger charge is 2.11. The summed E-state index contributed by atoms with van der Waals surface area (Å²) < 4.78 is 0. The Kier molecular flexibility index (Phi) is 3.89. The first-order valence-electron chi connectivity index (χ1n) is 6.11. The summed E-state index contributed by atoms with van der Waals surface area (Å²) in [7, 11) is 0. The molecule has 1 heterocycles. The second-order valence-corrected chi connectivity index (χ2v) is 4.52. The van der Waals surface area contributed by atoms with Gasteiger partial charge in [0.2, 0.25) is 0 Å². The van der Waals surface area contributed by atoms with Crippen molar-refractivity contribution in [3.05, 3.63) is 28.3 Å². The molecule has 2 rings (SSSR count). The average Bonchev–Trinajstić information content (AvgIpc) is 2.81. The Morgan fingerprint density at radius 3 is 2.76 bits per heavy atom. The first kappa shape index (κ1) is 12.2. The monoisotopic (exact) mass is 251 g/mol. The van der Waals surface area contributed by atoms with Crippen LogP contribution in [0.5, 0.6) is 0 Å². The van der Waals surface area contributed by atoms with E-state index in [1.165, 1.54) is 11.1 Å². The Morgan fingerprint density at radius 2 is 2.18 bits per heavy atom. The van der Waals surface area contributed by atoms with Gasteiger partial charge in [0.25, 0.3) is 0 Å². The van der Waals surface area contributed by atoms with Crippen molar-refractivity contribution in [1.82, 2.24) is 5.32 Å². The molecule has 0 unspecified atom stereocenters. The molecule has 0 amide bonds. The number of aliphatic imine (C=N–C) groups is 1. The molecule has 2 N–H and O–H groups in total. The fourth-order valence-electron chi connectivity index (χ4n) is 2.15. The number of guanidine groups is 1. The molecule has 0 aromatic heterocycles. The number of hydrogen-bond donors (Lipinski definition) is 2. The van der Waals surface area contributed by atoms with E-state index in [0.717, 1.165) is 42.6 Å². The third-order valence-corrected chi connectivity index (χ3v) is 3.19. The van der Waals surface area contributed by atoms with E-state index in [-0.39, 0.29) is 0 Å². The lowest BCUT2D eigenvalue weighted by Crippen LogP contribution is -2.26. The van der Waals surface area contributed by atoms with Crippen LogP contribution in [0.1, 0.15) is 25.0 Å². The zero-order valence-corrected chi connectivity index (χ0v) is 11.1. The molecule has 1 aromatic carbocycles. The molecule has 1 aliphatic heterocycles. The number of hydrogen-bond acceptors (Lipinski definition) is 3. The SMILES string of the molecule is CCc1cc(Cl)cc(NC2=NCCN2)c1CC. The molecule has 0 saturated heterocycles. The molecule has 0 fully saturated rings. The third kappa shape index (κ3) is 2.72. The lowest BCUT2D eigenvalue weighted by molar-refractivity contribution is 0.958. The summed E-state index contributed by atoms with van der Waals surface area (Å²) in [5, 5.41) is 7.32. The molecular formula is C13H18ClN3. The van der Waals surface area contributed by atoms with Gasteiger partial charge in [-0.2, -0.15) is 0 Å². The Labute approximate surface area is 107 Å². The number of aryl methyl sites for hydroxylation is 1. The zero-order chi connectivity index (χ0) is 12.3. The minimum atomic E-state index is 0.778. The van der Waals surface area contributed by atoms with Crippen molar-refractivity contribution in [2.75, 3.05) is 18.4 Å². The maximum Gasteiger partial charge on any atom is 0.195 e. The van der Waals surface area contributed by atoms with Crippen LogP contribution in [-0.4, -0.2) is 19.0 Å². The summed E-state index contributed by atoms with van der Waals surface area (Å²) in [6, 6.07) is 4.03. The van der Waals surface area contributed by atoms with Crippen molar-refractivity contribution in [2.45, 2.75) is 26.7 Å². The van der Waals surface area contributed by atoms with E-state index in [1.807, 2.05) is 6.07 Å². The van der Waals surface area contributed by atoms with Gasteiger partial charge in [-0.05, 0) is 36.1 Å². The lowest BCUT2D eigenvalue weighted by atomic mass is 10.0. The van der Waals surface area contributed by atoms with Crippen LogP contribution in [0.4, 0.5) is 5.69 Å². The highest BCUT2D eigenvalue weighted by atomic mass is 35.5. The first-order valence-corrected chi connectivity index (χ1v) is 6.49. The van der Waals surface area contributed by atoms with Gasteiger partial charge in [-0.1, -0.05) is 25.4 Å². The van der Waals surface area contributed by atoms with E-state index in [0.29, 0.717) is 0 Å². The van der Waals surface area contributed by atoms with Crippen LogP contribution >= 0.6 is 11.6 Å². The molecule has 0 saturated carbocycles. The number of nitrogens with one attached hydrogen (secondary N) is 2. The maximum atomic E-state index is 6.14. The molecule has 1 aromatic rings. The first-order chi connectivity index (χ1) is 8.24. The number of benzene rings is 1. The molecule has 92 valence electrons.